The van der Waals surface area contributed by atoms with E-state index in [-0.39, 0.29) is 5.91 Å². The molecule has 0 unspecified atom stereocenters. The third-order valence-corrected chi connectivity index (χ3v) is 5.77. The fourth-order valence-electron chi connectivity index (χ4n) is 2.93. The van der Waals surface area contributed by atoms with E-state index in [9.17, 15) is 4.79 Å². The van der Waals surface area contributed by atoms with E-state index in [1.165, 1.54) is 11.3 Å². The Morgan fingerprint density at radius 1 is 1.00 bits per heavy atom. The number of anilines is 1. The number of thiophene rings is 1. The number of amides is 1. The molecule has 0 spiro atoms. The minimum absolute atomic E-state index is 0.0754. The lowest BCUT2D eigenvalue weighted by Crippen LogP contribution is -2.49. The Morgan fingerprint density at radius 2 is 1.69 bits per heavy atom. The predicted molar refractivity (Wildman–Crippen MR) is 104 cm³/mol. The van der Waals surface area contributed by atoms with Gasteiger partial charge in [-0.25, -0.2) is 9.97 Å². The topological polar surface area (TPSA) is 54.3 Å². The van der Waals surface area contributed by atoms with Crippen LogP contribution in [-0.2, 0) is 0 Å². The lowest BCUT2D eigenvalue weighted by Gasteiger charge is -2.35. The Bertz CT molecular complexity index is 919. The second kappa shape index (κ2) is 7.26. The summed E-state index contributed by atoms with van der Waals surface area (Å²) >= 11 is 13.3. The van der Waals surface area contributed by atoms with Gasteiger partial charge in [-0.1, -0.05) is 23.2 Å². The molecule has 1 aliphatic rings. The second-order valence-electron chi connectivity index (χ2n) is 5.84. The Balaban J connectivity index is 1.45. The molecule has 4 rings (SSSR count). The molecule has 1 amide bonds. The molecule has 0 aliphatic carbocycles. The van der Waals surface area contributed by atoms with Crippen LogP contribution in [0, 0.1) is 0 Å². The molecule has 3 aromatic rings. The van der Waals surface area contributed by atoms with E-state index in [2.05, 4.69) is 14.9 Å². The average Bonchev–Trinajstić information content (AvgIpc) is 3.31. The van der Waals surface area contributed by atoms with Crippen LogP contribution in [0.4, 0.5) is 5.82 Å². The van der Waals surface area contributed by atoms with Gasteiger partial charge >= 0.3 is 0 Å². The number of hydrogen-bond donors (Lipinski definition) is 0. The van der Waals surface area contributed by atoms with E-state index < -0.39 is 0 Å². The molecule has 1 fully saturated rings. The summed E-state index contributed by atoms with van der Waals surface area (Å²) in [5.74, 6) is 1.60. The largest absolute Gasteiger partial charge is 0.353 e. The Kier molecular flexibility index (Phi) is 4.84. The Morgan fingerprint density at radius 3 is 2.35 bits per heavy atom. The molecule has 3 aromatic heterocycles. The van der Waals surface area contributed by atoms with Crippen molar-refractivity contribution in [3.8, 4) is 5.82 Å². The van der Waals surface area contributed by atoms with Crippen LogP contribution in [0.3, 0.4) is 0 Å². The molecule has 0 atom stereocenters. The SMILES string of the molecule is O=C(c1cc(Cl)sc1Cl)N1CCN(c2cc(-n3cccc3)ncn2)CC1. The molecule has 4 heterocycles. The highest BCUT2D eigenvalue weighted by Crippen LogP contribution is 2.32. The smallest absolute Gasteiger partial charge is 0.256 e. The first-order valence-corrected chi connectivity index (χ1v) is 9.63. The van der Waals surface area contributed by atoms with E-state index in [1.807, 2.05) is 35.2 Å². The van der Waals surface area contributed by atoms with Crippen LogP contribution in [0.2, 0.25) is 8.67 Å². The number of carbonyl (C=O) groups excluding carboxylic acids is 1. The van der Waals surface area contributed by atoms with Crippen molar-refractivity contribution in [2.24, 2.45) is 0 Å². The molecule has 9 heteroatoms. The van der Waals surface area contributed by atoms with Crippen molar-refractivity contribution < 1.29 is 4.79 Å². The Hall–Kier alpha value is -2.09. The monoisotopic (exact) mass is 407 g/mol. The van der Waals surface area contributed by atoms with Gasteiger partial charge < -0.3 is 14.4 Å². The van der Waals surface area contributed by atoms with E-state index >= 15 is 0 Å². The summed E-state index contributed by atoms with van der Waals surface area (Å²) in [6, 6.07) is 7.49. The number of hydrogen-bond acceptors (Lipinski definition) is 5. The van der Waals surface area contributed by atoms with Gasteiger partial charge in [-0.05, 0) is 18.2 Å². The number of carbonyl (C=O) groups is 1. The van der Waals surface area contributed by atoms with Crippen LogP contribution in [0.25, 0.3) is 5.82 Å². The molecule has 1 aliphatic heterocycles. The number of halogens is 2. The van der Waals surface area contributed by atoms with Gasteiger partial charge in [0.05, 0.1) is 9.90 Å². The van der Waals surface area contributed by atoms with Crippen LogP contribution in [-0.4, -0.2) is 51.5 Å². The summed E-state index contributed by atoms with van der Waals surface area (Å²) in [5.41, 5.74) is 0.479. The molecule has 0 bridgehead atoms. The Labute approximate surface area is 164 Å². The van der Waals surface area contributed by atoms with Gasteiger partial charge in [0.15, 0.2) is 0 Å². The van der Waals surface area contributed by atoms with Crippen LogP contribution < -0.4 is 4.90 Å². The number of rotatable bonds is 3. The first-order chi connectivity index (χ1) is 12.6. The highest BCUT2D eigenvalue weighted by Gasteiger charge is 2.25. The quantitative estimate of drug-likeness (QED) is 0.665. The van der Waals surface area contributed by atoms with Gasteiger partial charge in [0.1, 0.15) is 22.3 Å². The standard InChI is InChI=1S/C17H15Cl2N5OS/c18-13-9-12(16(19)26-13)17(25)24-7-5-23(6-8-24)15-10-14(20-11-21-15)22-3-1-2-4-22/h1-4,9-11H,5-8H2. The van der Waals surface area contributed by atoms with Crippen molar-refractivity contribution in [3.63, 3.8) is 0 Å². The molecule has 0 saturated carbocycles. The zero-order valence-electron chi connectivity index (χ0n) is 13.7. The predicted octanol–water partition coefficient (Wildman–Crippen LogP) is 3.60. The molecular formula is C17H15Cl2N5OS. The fourth-order valence-corrected chi connectivity index (χ4v) is 4.38. The van der Waals surface area contributed by atoms with Gasteiger partial charge in [-0.3, -0.25) is 4.79 Å². The molecule has 0 aromatic carbocycles. The van der Waals surface area contributed by atoms with E-state index in [4.69, 9.17) is 23.2 Å². The summed E-state index contributed by atoms with van der Waals surface area (Å²) in [4.78, 5) is 25.3. The molecule has 1 saturated heterocycles. The summed E-state index contributed by atoms with van der Waals surface area (Å²) in [7, 11) is 0. The summed E-state index contributed by atoms with van der Waals surface area (Å²) in [6.45, 7) is 2.60. The van der Waals surface area contributed by atoms with Crippen LogP contribution in [0.15, 0.2) is 43.0 Å². The average molecular weight is 408 g/mol. The van der Waals surface area contributed by atoms with E-state index in [0.717, 1.165) is 11.6 Å². The van der Waals surface area contributed by atoms with E-state index in [1.54, 1.807) is 17.3 Å². The number of nitrogens with zero attached hydrogens (tertiary/aromatic N) is 5. The summed E-state index contributed by atoms with van der Waals surface area (Å²) < 4.78 is 2.90. The van der Waals surface area contributed by atoms with Gasteiger partial charge in [-0.2, -0.15) is 0 Å². The van der Waals surface area contributed by atoms with Crippen LogP contribution in [0.5, 0.6) is 0 Å². The first kappa shape index (κ1) is 17.3. The molecule has 6 nitrogen and oxygen atoms in total. The van der Waals surface area contributed by atoms with Crippen molar-refractivity contribution in [1.82, 2.24) is 19.4 Å². The van der Waals surface area contributed by atoms with Crippen molar-refractivity contribution in [1.29, 1.82) is 0 Å². The fraction of sp³-hybridized carbons (Fsp3) is 0.235. The summed E-state index contributed by atoms with van der Waals surface area (Å²) in [6.07, 6.45) is 5.45. The van der Waals surface area contributed by atoms with Gasteiger partial charge in [0, 0.05) is 44.6 Å². The first-order valence-electron chi connectivity index (χ1n) is 8.06. The second-order valence-corrected chi connectivity index (χ2v) is 8.13. The number of piperazine rings is 1. The highest BCUT2D eigenvalue weighted by atomic mass is 35.5. The maximum atomic E-state index is 12.6. The maximum absolute atomic E-state index is 12.6. The van der Waals surface area contributed by atoms with E-state index in [0.29, 0.717) is 40.4 Å². The summed E-state index contributed by atoms with van der Waals surface area (Å²) in [5, 5.41) is 0. The molecule has 26 heavy (non-hydrogen) atoms. The lowest BCUT2D eigenvalue weighted by molar-refractivity contribution is 0.0747. The van der Waals surface area contributed by atoms with Crippen molar-refractivity contribution in [2.75, 3.05) is 31.1 Å². The minimum atomic E-state index is -0.0754. The van der Waals surface area contributed by atoms with Crippen molar-refractivity contribution in [3.05, 3.63) is 57.2 Å². The maximum Gasteiger partial charge on any atom is 0.256 e. The minimum Gasteiger partial charge on any atom is -0.353 e. The molecule has 0 N–H and O–H groups in total. The highest BCUT2D eigenvalue weighted by molar-refractivity contribution is 7.20. The van der Waals surface area contributed by atoms with Crippen molar-refractivity contribution >= 4 is 46.3 Å². The molecular weight excluding hydrogens is 393 g/mol. The third-order valence-electron chi connectivity index (χ3n) is 4.29. The van der Waals surface area contributed by atoms with Crippen LogP contribution >= 0.6 is 34.5 Å². The van der Waals surface area contributed by atoms with Gasteiger partial charge in [0.25, 0.3) is 5.91 Å². The molecule has 0 radical (unpaired) electrons. The number of aromatic nitrogens is 3. The normalized spacial score (nSPS) is 14.7. The van der Waals surface area contributed by atoms with Gasteiger partial charge in [0.2, 0.25) is 0 Å². The van der Waals surface area contributed by atoms with Crippen LogP contribution in [0.1, 0.15) is 10.4 Å². The van der Waals surface area contributed by atoms with Crippen molar-refractivity contribution in [2.45, 2.75) is 0 Å². The molecule has 134 valence electrons. The zero-order chi connectivity index (χ0) is 18.1. The zero-order valence-corrected chi connectivity index (χ0v) is 16.0. The lowest BCUT2D eigenvalue weighted by atomic mass is 10.2. The van der Waals surface area contributed by atoms with Gasteiger partial charge in [-0.15, -0.1) is 11.3 Å². The third kappa shape index (κ3) is 3.42.